The number of hydrogen-bond donors (Lipinski definition) is 4. The topological polar surface area (TPSA) is 140 Å². The van der Waals surface area contributed by atoms with Crippen LogP contribution in [0.2, 0.25) is 0 Å². The summed E-state index contributed by atoms with van der Waals surface area (Å²) in [6.07, 6.45) is 5.10. The number of likely N-dealkylation sites (tertiary alicyclic amines) is 2. The smallest absolute Gasteiger partial charge is 0.162 e. The summed E-state index contributed by atoms with van der Waals surface area (Å²) in [5.41, 5.74) is 4.58. The summed E-state index contributed by atoms with van der Waals surface area (Å²) in [5, 5.41) is 40.8. The van der Waals surface area contributed by atoms with Crippen LogP contribution < -0.4 is 0 Å². The van der Waals surface area contributed by atoms with E-state index < -0.39 is 0 Å². The van der Waals surface area contributed by atoms with Crippen molar-refractivity contribution in [1.82, 2.24) is 9.80 Å². The number of fused-ring (bicyclic) bond motifs is 2. The van der Waals surface area contributed by atoms with Crippen molar-refractivity contribution >= 4 is 11.6 Å². The van der Waals surface area contributed by atoms with Gasteiger partial charge in [-0.1, -0.05) is 24.3 Å². The summed E-state index contributed by atoms with van der Waals surface area (Å²) in [6, 6.07) is 8.41. The van der Waals surface area contributed by atoms with Crippen LogP contribution in [-0.2, 0) is 55.9 Å². The first-order valence-corrected chi connectivity index (χ1v) is 17.4. The Morgan fingerprint density at radius 1 is 0.708 bits per heavy atom. The number of aromatic hydroxyl groups is 2. The maximum Gasteiger partial charge on any atom is 0.162 e. The number of methoxy groups -OCH3 is 2. The predicted molar refractivity (Wildman–Crippen MR) is 178 cm³/mol. The van der Waals surface area contributed by atoms with Gasteiger partial charge in [0.2, 0.25) is 0 Å². The quantitative estimate of drug-likeness (QED) is 0.387. The first kappa shape index (κ1) is 33.6. The highest BCUT2D eigenvalue weighted by Crippen LogP contribution is 2.59. The van der Waals surface area contributed by atoms with Crippen LogP contribution >= 0.6 is 0 Å². The molecule has 4 fully saturated rings. The molecule has 2 aromatic rings. The summed E-state index contributed by atoms with van der Waals surface area (Å²) in [7, 11) is 7.52. The minimum Gasteiger partial charge on any atom is -0.507 e. The lowest BCUT2D eigenvalue weighted by Crippen LogP contribution is -2.63. The van der Waals surface area contributed by atoms with Gasteiger partial charge in [0.15, 0.2) is 11.6 Å². The van der Waals surface area contributed by atoms with Crippen LogP contribution in [0.1, 0.15) is 71.9 Å². The molecular formula is C38H50N2O8. The lowest BCUT2D eigenvalue weighted by Gasteiger charge is -2.58. The monoisotopic (exact) mass is 662 g/mol. The Kier molecular flexibility index (Phi) is 8.74. The Hall–Kier alpha value is -2.86. The lowest BCUT2D eigenvalue weighted by atomic mass is 9.51. The van der Waals surface area contributed by atoms with Gasteiger partial charge in [0, 0.05) is 72.2 Å². The molecule has 6 aliphatic rings. The van der Waals surface area contributed by atoms with Gasteiger partial charge in [-0.25, -0.2) is 0 Å². The molecule has 0 aromatic heterocycles. The second kappa shape index (κ2) is 12.5. The standard InChI is InChI=1S/2C19H25NO4/c2*1-20-6-5-19-9-15(22)16(24-2)8-13(19)14(20)7-11-3-4-12(10-21)18(23)17(11)19/h2*3-4,13-14,16,21,23H,5-10H2,1-2H3/t13-,14+,16+,19-;13-,14+,16-,19-/m11/s1. The number of Topliss-reactive ketones (excluding diaryl/α,β-unsaturated/α-hetero) is 2. The normalized spacial score (nSPS) is 35.5. The molecule has 4 bridgehead atoms. The van der Waals surface area contributed by atoms with E-state index in [1.54, 1.807) is 14.2 Å². The maximum atomic E-state index is 12.7. The Morgan fingerprint density at radius 2 is 1.10 bits per heavy atom. The second-order valence-corrected chi connectivity index (χ2v) is 15.3. The lowest BCUT2D eigenvalue weighted by molar-refractivity contribution is -0.142. The van der Waals surface area contributed by atoms with E-state index >= 15 is 0 Å². The van der Waals surface area contributed by atoms with Gasteiger partial charge < -0.3 is 39.7 Å². The molecule has 2 saturated heterocycles. The fourth-order valence-electron chi connectivity index (χ4n) is 10.9. The molecule has 2 saturated carbocycles. The summed E-state index contributed by atoms with van der Waals surface area (Å²) < 4.78 is 10.9. The number of aliphatic hydroxyl groups is 2. The van der Waals surface area contributed by atoms with Crippen LogP contribution in [-0.4, -0.2) is 107 Å². The summed E-state index contributed by atoms with van der Waals surface area (Å²) in [5.74, 6) is 1.27. The Labute approximate surface area is 282 Å². The van der Waals surface area contributed by atoms with Crippen molar-refractivity contribution < 1.29 is 39.5 Å². The van der Waals surface area contributed by atoms with Crippen LogP contribution in [0, 0.1) is 11.8 Å². The van der Waals surface area contributed by atoms with Gasteiger partial charge in [0.25, 0.3) is 0 Å². The first-order chi connectivity index (χ1) is 23.0. The number of ether oxygens (including phenoxy) is 2. The number of ketones is 2. The first-order valence-electron chi connectivity index (χ1n) is 17.4. The second-order valence-electron chi connectivity index (χ2n) is 15.3. The van der Waals surface area contributed by atoms with Gasteiger partial charge in [0.1, 0.15) is 23.7 Å². The average Bonchev–Trinajstić information content (AvgIpc) is 3.07. The third kappa shape index (κ3) is 4.89. The third-order valence-electron chi connectivity index (χ3n) is 13.4. The molecule has 0 amide bonds. The summed E-state index contributed by atoms with van der Waals surface area (Å²) in [4.78, 5) is 30.1. The number of phenols is 2. The number of hydrogen-bond acceptors (Lipinski definition) is 10. The molecule has 0 spiro atoms. The number of rotatable bonds is 4. The molecule has 8 atom stereocenters. The van der Waals surface area contributed by atoms with E-state index in [0.717, 1.165) is 61.0 Å². The Bertz CT molecular complexity index is 1490. The highest BCUT2D eigenvalue weighted by molar-refractivity contribution is 5.87. The maximum absolute atomic E-state index is 12.7. The molecule has 260 valence electrons. The molecule has 48 heavy (non-hydrogen) atoms. The van der Waals surface area contributed by atoms with E-state index in [4.69, 9.17) is 9.47 Å². The van der Waals surface area contributed by atoms with Crippen molar-refractivity contribution in [2.45, 2.75) is 99.7 Å². The van der Waals surface area contributed by atoms with E-state index in [2.05, 4.69) is 23.9 Å². The average molecular weight is 663 g/mol. The van der Waals surface area contributed by atoms with Crippen LogP contribution in [0.15, 0.2) is 24.3 Å². The molecule has 2 aliphatic heterocycles. The summed E-state index contributed by atoms with van der Waals surface area (Å²) >= 11 is 0. The fraction of sp³-hybridized carbons (Fsp3) is 0.632. The number of nitrogens with zero attached hydrogens (tertiary/aromatic N) is 2. The minimum absolute atomic E-state index is 0.138. The van der Waals surface area contributed by atoms with Gasteiger partial charge in [0.05, 0.1) is 13.2 Å². The van der Waals surface area contributed by atoms with Crippen LogP contribution in [0.4, 0.5) is 0 Å². The minimum atomic E-state index is -0.332. The van der Waals surface area contributed by atoms with Gasteiger partial charge in [-0.05, 0) is 88.7 Å². The number of piperidine rings is 2. The number of likely N-dealkylation sites (N-methyl/N-ethyl adjacent to an activating group) is 2. The molecule has 8 rings (SSSR count). The SMILES string of the molecule is CO[C@@H]1C[C@@H]2[C@@H]3Cc4ccc(CO)c(O)c4[C@]2(CCN3C)CC1=O.CO[C@H]1C[C@@H]2[C@@H]3Cc4ccc(CO)c(O)c4[C@]2(CCN3C)CC1=O. The zero-order valence-electron chi connectivity index (χ0n) is 28.6. The Balaban J connectivity index is 0.000000152. The zero-order valence-corrected chi connectivity index (χ0v) is 28.6. The van der Waals surface area contributed by atoms with Gasteiger partial charge in [-0.15, -0.1) is 0 Å². The van der Waals surface area contributed by atoms with Crippen LogP contribution in [0.5, 0.6) is 11.5 Å². The van der Waals surface area contributed by atoms with Crippen LogP contribution in [0.3, 0.4) is 0 Å². The van der Waals surface area contributed by atoms with Gasteiger partial charge in [-0.3, -0.25) is 9.59 Å². The molecule has 2 aromatic carbocycles. The molecule has 2 heterocycles. The molecule has 10 heteroatoms. The third-order valence-corrected chi connectivity index (χ3v) is 13.4. The van der Waals surface area contributed by atoms with Crippen molar-refractivity contribution in [2.24, 2.45) is 11.8 Å². The van der Waals surface area contributed by atoms with Gasteiger partial charge >= 0.3 is 0 Å². The number of carbonyl (C=O) groups is 2. The molecule has 4 aliphatic carbocycles. The van der Waals surface area contributed by atoms with Crippen molar-refractivity contribution in [2.75, 3.05) is 41.4 Å². The highest BCUT2D eigenvalue weighted by atomic mass is 16.5. The largest absolute Gasteiger partial charge is 0.507 e. The van der Waals surface area contributed by atoms with E-state index in [0.29, 0.717) is 60.7 Å². The van der Waals surface area contributed by atoms with E-state index in [-0.39, 0.29) is 59.3 Å². The number of aliphatic hydroxyl groups excluding tert-OH is 2. The van der Waals surface area contributed by atoms with Crippen LogP contribution in [0.25, 0.3) is 0 Å². The predicted octanol–water partition coefficient (Wildman–Crippen LogP) is 2.75. The number of benzene rings is 2. The number of carbonyl (C=O) groups excluding carboxylic acids is 2. The van der Waals surface area contributed by atoms with Crippen molar-refractivity contribution in [3.63, 3.8) is 0 Å². The van der Waals surface area contributed by atoms with E-state index in [1.807, 2.05) is 24.3 Å². The van der Waals surface area contributed by atoms with Crippen molar-refractivity contribution in [3.8, 4) is 11.5 Å². The highest BCUT2D eigenvalue weighted by Gasteiger charge is 2.59. The summed E-state index contributed by atoms with van der Waals surface area (Å²) in [6.45, 7) is 1.48. The molecule has 0 unspecified atom stereocenters. The van der Waals surface area contributed by atoms with E-state index in [9.17, 15) is 30.0 Å². The van der Waals surface area contributed by atoms with Crippen molar-refractivity contribution in [3.05, 3.63) is 57.6 Å². The molecule has 10 nitrogen and oxygen atoms in total. The fourth-order valence-corrected chi connectivity index (χ4v) is 10.9. The molecular weight excluding hydrogens is 612 g/mol. The van der Waals surface area contributed by atoms with E-state index in [1.165, 1.54) is 0 Å². The zero-order chi connectivity index (χ0) is 34.1. The molecule has 4 N–H and O–H groups in total. The van der Waals surface area contributed by atoms with Crippen molar-refractivity contribution in [1.29, 1.82) is 0 Å². The molecule has 0 radical (unpaired) electrons. The Morgan fingerprint density at radius 3 is 1.46 bits per heavy atom. The van der Waals surface area contributed by atoms with Gasteiger partial charge in [-0.2, -0.15) is 0 Å².